The Kier molecular flexibility index (Phi) is 5.94. The van der Waals surface area contributed by atoms with Crippen LogP contribution >= 0.6 is 11.6 Å². The Hall–Kier alpha value is -3.84. The molecule has 2 aromatic carbocycles. The predicted molar refractivity (Wildman–Crippen MR) is 131 cm³/mol. The zero-order valence-corrected chi connectivity index (χ0v) is 19.4. The lowest BCUT2D eigenvalue weighted by molar-refractivity contribution is 0.0673. The molecule has 0 saturated carbocycles. The molecule has 5 rings (SSSR count). The monoisotopic (exact) mass is 474 g/mol. The highest BCUT2D eigenvalue weighted by Gasteiger charge is 2.26. The van der Waals surface area contributed by atoms with E-state index in [1.54, 1.807) is 38.7 Å². The summed E-state index contributed by atoms with van der Waals surface area (Å²) in [6, 6.07) is 18.8. The quantitative estimate of drug-likeness (QED) is 0.420. The Balaban J connectivity index is 1.29. The zero-order valence-electron chi connectivity index (χ0n) is 18.6. The third-order valence-electron chi connectivity index (χ3n) is 5.90. The van der Waals surface area contributed by atoms with Gasteiger partial charge in [0.05, 0.1) is 18.6 Å². The number of ether oxygens (including phenoxy) is 1. The average Bonchev–Trinajstić information content (AvgIpc) is 3.28. The molecule has 4 aromatic rings. The minimum absolute atomic E-state index is 0.175. The highest BCUT2D eigenvalue weighted by Crippen LogP contribution is 2.30. The van der Waals surface area contributed by atoms with Crippen molar-refractivity contribution in [2.45, 2.75) is 13.5 Å². The molecule has 0 bridgehead atoms. The van der Waals surface area contributed by atoms with Gasteiger partial charge in [-0.2, -0.15) is 0 Å². The average molecular weight is 475 g/mol. The van der Waals surface area contributed by atoms with Crippen molar-refractivity contribution < 1.29 is 9.53 Å². The normalized spacial score (nSPS) is 13.1. The summed E-state index contributed by atoms with van der Waals surface area (Å²) in [4.78, 5) is 31.9. The fraction of sp³-hybridized carbons (Fsp3) is 0.192. The Morgan fingerprint density at radius 3 is 2.56 bits per heavy atom. The van der Waals surface area contributed by atoms with Crippen LogP contribution in [0.3, 0.4) is 0 Å². The van der Waals surface area contributed by atoms with Crippen LogP contribution in [0, 0.1) is 6.92 Å². The van der Waals surface area contributed by atoms with Gasteiger partial charge >= 0.3 is 0 Å². The second kappa shape index (κ2) is 9.19. The van der Waals surface area contributed by atoms with E-state index in [-0.39, 0.29) is 11.5 Å². The van der Waals surface area contributed by atoms with Crippen LogP contribution in [0.1, 0.15) is 16.2 Å². The molecule has 0 atom stereocenters. The van der Waals surface area contributed by atoms with Gasteiger partial charge in [0, 0.05) is 29.9 Å². The molecule has 2 aromatic heterocycles. The number of para-hydroxylation sites is 1. The number of carbonyl (C=O) groups excluding carboxylic acids is 1. The molecule has 0 unspecified atom stereocenters. The maximum Gasteiger partial charge on any atom is 0.275 e. The minimum atomic E-state index is -0.198. The van der Waals surface area contributed by atoms with E-state index in [0.717, 1.165) is 22.6 Å². The number of benzene rings is 2. The fourth-order valence-electron chi connectivity index (χ4n) is 4.15. The third kappa shape index (κ3) is 4.22. The Morgan fingerprint density at radius 2 is 1.79 bits per heavy atom. The molecule has 172 valence electrons. The number of hydrogen-bond acceptors (Lipinski definition) is 4. The van der Waals surface area contributed by atoms with Gasteiger partial charge in [-0.05, 0) is 42.8 Å². The van der Waals surface area contributed by atoms with Gasteiger partial charge < -0.3 is 18.8 Å². The van der Waals surface area contributed by atoms with E-state index in [1.807, 2.05) is 55.5 Å². The highest BCUT2D eigenvalue weighted by atomic mass is 35.5. The molecular formula is C26H23ClN4O3. The molecule has 8 heteroatoms. The van der Waals surface area contributed by atoms with Crippen molar-refractivity contribution in [1.29, 1.82) is 0 Å². The molecule has 0 N–H and O–H groups in total. The Bertz CT molecular complexity index is 1410. The van der Waals surface area contributed by atoms with E-state index in [2.05, 4.69) is 4.98 Å². The summed E-state index contributed by atoms with van der Waals surface area (Å²) in [5, 5.41) is 0.678. The lowest BCUT2D eigenvalue weighted by atomic mass is 10.1. The van der Waals surface area contributed by atoms with E-state index in [1.165, 1.54) is 0 Å². The first-order valence-electron chi connectivity index (χ1n) is 11.0. The van der Waals surface area contributed by atoms with Crippen molar-refractivity contribution in [2.24, 2.45) is 0 Å². The topological polar surface area (TPSA) is 69.4 Å². The number of imidazole rings is 1. The lowest BCUT2D eigenvalue weighted by Gasteiger charge is -2.29. The third-order valence-corrected chi connectivity index (χ3v) is 6.16. The molecule has 1 amide bonds. The summed E-state index contributed by atoms with van der Waals surface area (Å²) in [6.07, 6.45) is 3.40. The number of nitrogens with zero attached hydrogens (tertiary/aromatic N) is 4. The van der Waals surface area contributed by atoms with Crippen LogP contribution in [0.2, 0.25) is 5.02 Å². The van der Waals surface area contributed by atoms with E-state index in [0.29, 0.717) is 42.6 Å². The van der Waals surface area contributed by atoms with E-state index in [9.17, 15) is 9.59 Å². The van der Waals surface area contributed by atoms with Gasteiger partial charge in [0.15, 0.2) is 0 Å². The molecule has 0 spiro atoms. The number of rotatable bonds is 6. The molecule has 34 heavy (non-hydrogen) atoms. The second-order valence-corrected chi connectivity index (χ2v) is 8.56. The van der Waals surface area contributed by atoms with Crippen molar-refractivity contribution in [3.8, 4) is 22.6 Å². The highest BCUT2D eigenvalue weighted by molar-refractivity contribution is 6.30. The second-order valence-electron chi connectivity index (χ2n) is 8.13. The molecule has 0 fully saturated rings. The predicted octanol–water partition coefficient (Wildman–Crippen LogP) is 4.20. The number of halogens is 1. The summed E-state index contributed by atoms with van der Waals surface area (Å²) in [5.74, 6) is 0.567. The summed E-state index contributed by atoms with van der Waals surface area (Å²) in [5.41, 5.74) is 3.46. The first-order valence-corrected chi connectivity index (χ1v) is 11.4. The van der Waals surface area contributed by atoms with Gasteiger partial charge in [0.1, 0.15) is 23.7 Å². The van der Waals surface area contributed by atoms with Crippen molar-refractivity contribution in [1.82, 2.24) is 19.0 Å². The maximum atomic E-state index is 13.1. The van der Waals surface area contributed by atoms with Crippen LogP contribution in [0.4, 0.5) is 0 Å². The van der Waals surface area contributed by atoms with Crippen LogP contribution in [0.15, 0.2) is 78.0 Å². The van der Waals surface area contributed by atoms with Gasteiger partial charge in [0.25, 0.3) is 11.5 Å². The molecule has 1 aliphatic heterocycles. The SMILES string of the molecule is Cc1cn(-c2ccc3n(c2=O)CCN(CCOc2ccccc2-c2ccc(Cl)cc2)C3=O)cn1. The van der Waals surface area contributed by atoms with Gasteiger partial charge in [0.2, 0.25) is 0 Å². The minimum Gasteiger partial charge on any atom is -0.491 e. The van der Waals surface area contributed by atoms with Crippen LogP contribution in [0.5, 0.6) is 5.75 Å². The summed E-state index contributed by atoms with van der Waals surface area (Å²) >= 11 is 6.01. The number of carbonyl (C=O) groups is 1. The van der Waals surface area contributed by atoms with E-state index >= 15 is 0 Å². The first-order chi connectivity index (χ1) is 16.5. The molecule has 0 radical (unpaired) electrons. The number of hydrogen-bond donors (Lipinski definition) is 0. The van der Waals surface area contributed by atoms with E-state index < -0.39 is 0 Å². The van der Waals surface area contributed by atoms with Crippen molar-refractivity contribution in [2.75, 3.05) is 19.7 Å². The smallest absolute Gasteiger partial charge is 0.275 e. The number of aromatic nitrogens is 3. The van der Waals surface area contributed by atoms with Crippen LogP contribution in [-0.4, -0.2) is 44.6 Å². The van der Waals surface area contributed by atoms with Crippen molar-refractivity contribution in [3.05, 3.63) is 100.0 Å². The van der Waals surface area contributed by atoms with Gasteiger partial charge in [-0.25, -0.2) is 4.98 Å². The molecule has 0 aliphatic carbocycles. The van der Waals surface area contributed by atoms with Gasteiger partial charge in [-0.1, -0.05) is 41.9 Å². The summed E-state index contributed by atoms with van der Waals surface area (Å²) in [7, 11) is 0. The Morgan fingerprint density at radius 1 is 1.00 bits per heavy atom. The Labute approximate surface area is 201 Å². The number of aryl methyl sites for hydroxylation is 1. The number of amides is 1. The van der Waals surface area contributed by atoms with Crippen LogP contribution < -0.4 is 10.3 Å². The molecule has 1 aliphatic rings. The van der Waals surface area contributed by atoms with E-state index in [4.69, 9.17) is 16.3 Å². The largest absolute Gasteiger partial charge is 0.491 e. The van der Waals surface area contributed by atoms with Gasteiger partial charge in [-0.3, -0.25) is 9.59 Å². The number of pyridine rings is 1. The van der Waals surface area contributed by atoms with Crippen LogP contribution in [-0.2, 0) is 6.54 Å². The lowest BCUT2D eigenvalue weighted by Crippen LogP contribution is -2.46. The summed E-state index contributed by atoms with van der Waals surface area (Å²) < 4.78 is 9.29. The summed E-state index contributed by atoms with van der Waals surface area (Å²) in [6.45, 7) is 3.50. The van der Waals surface area contributed by atoms with Crippen molar-refractivity contribution >= 4 is 17.5 Å². The number of fused-ring (bicyclic) bond motifs is 1. The van der Waals surface area contributed by atoms with Crippen molar-refractivity contribution in [3.63, 3.8) is 0 Å². The zero-order chi connectivity index (χ0) is 23.7. The molecule has 3 heterocycles. The maximum absolute atomic E-state index is 13.1. The fourth-order valence-corrected chi connectivity index (χ4v) is 4.27. The standard InChI is InChI=1S/C26H23ClN4O3/c1-18-16-30(17-28-18)22-10-11-23-25(32)29(12-13-31(23)26(22)33)14-15-34-24-5-3-2-4-21(24)19-6-8-20(27)9-7-19/h2-11,16-17H,12-15H2,1H3. The first kappa shape index (κ1) is 22.0. The van der Waals surface area contributed by atoms with Gasteiger partial charge in [-0.15, -0.1) is 0 Å². The molecule has 0 saturated heterocycles. The molecule has 7 nitrogen and oxygen atoms in total. The molecular weight excluding hydrogens is 452 g/mol. The van der Waals surface area contributed by atoms with Crippen LogP contribution in [0.25, 0.3) is 16.8 Å².